The summed E-state index contributed by atoms with van der Waals surface area (Å²) in [6, 6.07) is 4.31. The first kappa shape index (κ1) is 15.8. The van der Waals surface area contributed by atoms with E-state index in [1.165, 1.54) is 12.1 Å². The topological polar surface area (TPSA) is 58.6 Å². The summed E-state index contributed by atoms with van der Waals surface area (Å²) in [7, 11) is 0. The average molecular weight is 295 g/mol. The minimum atomic E-state index is -1.25. The summed E-state index contributed by atoms with van der Waals surface area (Å²) in [5, 5.41) is 12.3. The Labute approximate surface area is 124 Å². The first-order chi connectivity index (χ1) is 9.92. The third-order valence-electron chi connectivity index (χ3n) is 4.65. The highest BCUT2D eigenvalue weighted by atomic mass is 19.1. The molecule has 0 aromatic heterocycles. The quantitative estimate of drug-likeness (QED) is 0.843. The van der Waals surface area contributed by atoms with Gasteiger partial charge in [0.1, 0.15) is 5.82 Å². The van der Waals surface area contributed by atoms with Crippen molar-refractivity contribution in [2.75, 3.05) is 11.9 Å². The van der Waals surface area contributed by atoms with E-state index < -0.39 is 11.8 Å². The van der Waals surface area contributed by atoms with E-state index in [1.54, 1.807) is 6.07 Å². The van der Waals surface area contributed by atoms with E-state index in [2.05, 4.69) is 19.2 Å². The maximum Gasteiger partial charge on any atom is 0.338 e. The van der Waals surface area contributed by atoms with Crippen LogP contribution in [0.2, 0.25) is 0 Å². The van der Waals surface area contributed by atoms with Crippen molar-refractivity contribution in [3.05, 3.63) is 29.6 Å². The highest BCUT2D eigenvalue weighted by Crippen LogP contribution is 2.47. The molecule has 5 heteroatoms. The Kier molecular flexibility index (Phi) is 4.52. The molecule has 0 saturated heterocycles. The van der Waals surface area contributed by atoms with Gasteiger partial charge in [-0.2, -0.15) is 0 Å². The van der Waals surface area contributed by atoms with E-state index in [-0.39, 0.29) is 23.1 Å². The number of hydrogen-bond acceptors (Lipinski definition) is 3. The minimum Gasteiger partial charge on any atom is -0.478 e. The molecule has 0 bridgehead atoms. The van der Waals surface area contributed by atoms with E-state index in [1.807, 2.05) is 6.92 Å². The van der Waals surface area contributed by atoms with Crippen LogP contribution in [0, 0.1) is 11.2 Å². The van der Waals surface area contributed by atoms with Crippen molar-refractivity contribution >= 4 is 11.7 Å². The number of carboxylic acid groups (broad SMARTS) is 1. The molecule has 3 atom stereocenters. The molecule has 116 valence electrons. The lowest BCUT2D eigenvalue weighted by molar-refractivity contribution is -0.109. The molecule has 1 fully saturated rings. The molecule has 3 unspecified atom stereocenters. The van der Waals surface area contributed by atoms with Crippen LogP contribution in [0.15, 0.2) is 18.2 Å². The molecule has 1 saturated carbocycles. The predicted octanol–water partition coefficient (Wildman–Crippen LogP) is 3.53. The summed E-state index contributed by atoms with van der Waals surface area (Å²) in [5.74, 6) is -1.97. The molecule has 1 aromatic carbocycles. The Bertz CT molecular complexity index is 534. The smallest absolute Gasteiger partial charge is 0.338 e. The van der Waals surface area contributed by atoms with Gasteiger partial charge in [0.25, 0.3) is 0 Å². The van der Waals surface area contributed by atoms with Gasteiger partial charge in [0.2, 0.25) is 0 Å². The Hall–Kier alpha value is -1.62. The molecule has 0 heterocycles. The number of aromatic carboxylic acids is 1. The van der Waals surface area contributed by atoms with Crippen LogP contribution in [-0.4, -0.2) is 29.8 Å². The predicted molar refractivity (Wildman–Crippen MR) is 79.2 cm³/mol. The van der Waals surface area contributed by atoms with Gasteiger partial charge in [0.15, 0.2) is 0 Å². The van der Waals surface area contributed by atoms with Crippen molar-refractivity contribution in [1.29, 1.82) is 0 Å². The fourth-order valence-electron chi connectivity index (χ4n) is 2.95. The van der Waals surface area contributed by atoms with Gasteiger partial charge in [0, 0.05) is 23.8 Å². The largest absolute Gasteiger partial charge is 0.478 e. The van der Waals surface area contributed by atoms with Gasteiger partial charge < -0.3 is 15.2 Å². The summed E-state index contributed by atoms with van der Waals surface area (Å²) >= 11 is 0. The Morgan fingerprint density at radius 3 is 2.81 bits per heavy atom. The van der Waals surface area contributed by atoms with E-state index in [0.29, 0.717) is 12.3 Å². The lowest BCUT2D eigenvalue weighted by Crippen LogP contribution is -2.59. The van der Waals surface area contributed by atoms with Crippen LogP contribution in [0.1, 0.15) is 44.0 Å². The van der Waals surface area contributed by atoms with Crippen molar-refractivity contribution in [2.45, 2.75) is 45.8 Å². The molecule has 1 aliphatic rings. The molecule has 4 nitrogen and oxygen atoms in total. The third-order valence-corrected chi connectivity index (χ3v) is 4.65. The highest BCUT2D eigenvalue weighted by Gasteiger charge is 2.51. The molecular weight excluding hydrogens is 273 g/mol. The zero-order chi connectivity index (χ0) is 15.6. The SMILES string of the molecule is CCOC1CC(Nc2ccc(F)c(C(=O)O)c2)C1(C)CC. The standard InChI is InChI=1S/C16H22FNO3/c1-4-16(3)13(9-14(16)21-5-2)18-10-6-7-12(17)11(8-10)15(19)20/h6-8,13-14,18H,4-5,9H2,1-3H3,(H,19,20). The van der Waals surface area contributed by atoms with Crippen molar-refractivity contribution in [1.82, 2.24) is 0 Å². The molecule has 0 radical (unpaired) electrons. The van der Waals surface area contributed by atoms with E-state index >= 15 is 0 Å². The summed E-state index contributed by atoms with van der Waals surface area (Å²) in [6.45, 7) is 6.95. The zero-order valence-electron chi connectivity index (χ0n) is 12.6. The van der Waals surface area contributed by atoms with E-state index in [0.717, 1.165) is 12.8 Å². The van der Waals surface area contributed by atoms with Gasteiger partial charge >= 0.3 is 5.97 Å². The van der Waals surface area contributed by atoms with Crippen LogP contribution in [0.25, 0.3) is 0 Å². The van der Waals surface area contributed by atoms with Crippen LogP contribution in [0.3, 0.4) is 0 Å². The van der Waals surface area contributed by atoms with Crippen molar-refractivity contribution < 1.29 is 19.0 Å². The molecular formula is C16H22FNO3. The number of hydrogen-bond donors (Lipinski definition) is 2. The van der Waals surface area contributed by atoms with Crippen molar-refractivity contribution in [3.8, 4) is 0 Å². The van der Waals surface area contributed by atoms with Crippen LogP contribution in [-0.2, 0) is 4.74 Å². The molecule has 2 rings (SSSR count). The Morgan fingerprint density at radius 1 is 1.52 bits per heavy atom. The molecule has 1 aromatic rings. The summed E-state index contributed by atoms with van der Waals surface area (Å²) < 4.78 is 19.1. The van der Waals surface area contributed by atoms with Gasteiger partial charge in [-0.25, -0.2) is 9.18 Å². The number of rotatable bonds is 6. The van der Waals surface area contributed by atoms with Gasteiger partial charge in [0.05, 0.1) is 11.7 Å². The van der Waals surface area contributed by atoms with Crippen molar-refractivity contribution in [2.24, 2.45) is 5.41 Å². The second-order valence-electron chi connectivity index (χ2n) is 5.74. The lowest BCUT2D eigenvalue weighted by atomic mass is 9.61. The second kappa shape index (κ2) is 6.02. The third kappa shape index (κ3) is 2.88. The molecule has 21 heavy (non-hydrogen) atoms. The number of nitrogens with one attached hydrogen (secondary N) is 1. The maximum absolute atomic E-state index is 13.4. The molecule has 1 aliphatic carbocycles. The summed E-state index contributed by atoms with van der Waals surface area (Å²) in [4.78, 5) is 11.0. The average Bonchev–Trinajstić information content (AvgIpc) is 2.46. The number of ether oxygens (including phenoxy) is 1. The number of halogens is 1. The van der Waals surface area contributed by atoms with Crippen LogP contribution in [0.4, 0.5) is 10.1 Å². The van der Waals surface area contributed by atoms with Crippen molar-refractivity contribution in [3.63, 3.8) is 0 Å². The number of carboxylic acids is 1. The molecule has 0 spiro atoms. The van der Waals surface area contributed by atoms with E-state index in [4.69, 9.17) is 9.84 Å². The molecule has 0 aliphatic heterocycles. The normalized spacial score (nSPS) is 28.0. The summed E-state index contributed by atoms with van der Waals surface area (Å²) in [5.41, 5.74) is 0.334. The highest BCUT2D eigenvalue weighted by molar-refractivity contribution is 5.89. The van der Waals surface area contributed by atoms with Gasteiger partial charge in [-0.1, -0.05) is 13.8 Å². The number of benzene rings is 1. The first-order valence-electron chi connectivity index (χ1n) is 7.33. The maximum atomic E-state index is 13.4. The van der Waals surface area contributed by atoms with Gasteiger partial charge in [-0.3, -0.25) is 0 Å². The number of anilines is 1. The Morgan fingerprint density at radius 2 is 2.24 bits per heavy atom. The fourth-order valence-corrected chi connectivity index (χ4v) is 2.95. The minimum absolute atomic E-state index is 0.00772. The van der Waals surface area contributed by atoms with Crippen LogP contribution >= 0.6 is 0 Å². The molecule has 2 N–H and O–H groups in total. The fraction of sp³-hybridized carbons (Fsp3) is 0.562. The summed E-state index contributed by atoms with van der Waals surface area (Å²) in [6.07, 6.45) is 2.05. The first-order valence-corrected chi connectivity index (χ1v) is 7.33. The van der Waals surface area contributed by atoms with E-state index in [9.17, 15) is 9.18 Å². The zero-order valence-corrected chi connectivity index (χ0v) is 12.6. The second-order valence-corrected chi connectivity index (χ2v) is 5.74. The lowest BCUT2D eigenvalue weighted by Gasteiger charge is -2.54. The van der Waals surface area contributed by atoms with Gasteiger partial charge in [-0.05, 0) is 38.0 Å². The Balaban J connectivity index is 2.12. The molecule has 0 amide bonds. The van der Waals surface area contributed by atoms with Crippen LogP contribution in [0.5, 0.6) is 0 Å². The van der Waals surface area contributed by atoms with Gasteiger partial charge in [-0.15, -0.1) is 0 Å². The monoisotopic (exact) mass is 295 g/mol. The number of carbonyl (C=O) groups is 1. The van der Waals surface area contributed by atoms with Crippen LogP contribution < -0.4 is 5.32 Å².